The maximum atomic E-state index is 3.67. The zero-order valence-corrected chi connectivity index (χ0v) is 14.1. The molecular formula is C12H6Br2S3. The predicted octanol–water partition coefficient (Wildman–Crippen LogP) is 6.73. The van der Waals surface area contributed by atoms with Crippen LogP contribution in [0.2, 0.25) is 0 Å². The fourth-order valence-electron chi connectivity index (χ4n) is 1.71. The van der Waals surface area contributed by atoms with Gasteiger partial charge in [-0.25, -0.2) is 0 Å². The molecule has 5 heteroatoms. The number of rotatable bonds is 2. The smallest absolute Gasteiger partial charge is 0.0795 e. The summed E-state index contributed by atoms with van der Waals surface area (Å²) in [6.45, 7) is 0. The van der Waals surface area contributed by atoms with Crippen molar-refractivity contribution in [1.82, 2.24) is 0 Å². The lowest BCUT2D eigenvalue weighted by Crippen LogP contribution is -1.76. The van der Waals surface area contributed by atoms with E-state index < -0.39 is 0 Å². The Morgan fingerprint density at radius 2 is 1.24 bits per heavy atom. The minimum atomic E-state index is 1.18. The third-order valence-electron chi connectivity index (χ3n) is 2.44. The van der Waals surface area contributed by atoms with Gasteiger partial charge in [0.05, 0.1) is 7.57 Å². The fraction of sp³-hybridized carbons (Fsp3) is 0. The first-order valence-electron chi connectivity index (χ1n) is 4.80. The second kappa shape index (κ2) is 4.97. The highest BCUT2D eigenvalue weighted by Crippen LogP contribution is 2.49. The summed E-state index contributed by atoms with van der Waals surface area (Å²) in [5, 5.41) is 8.61. The highest BCUT2D eigenvalue weighted by Gasteiger charge is 2.18. The van der Waals surface area contributed by atoms with Crippen molar-refractivity contribution in [3.05, 3.63) is 41.2 Å². The molecule has 3 aromatic rings. The molecule has 86 valence electrons. The standard InChI is InChI=1S/C12H6Br2S3/c13-11-9(7-1-3-15-5-7)10(12(14)17-11)8-2-4-16-6-8/h1-6H. The maximum absolute atomic E-state index is 3.67. The van der Waals surface area contributed by atoms with Gasteiger partial charge in [0.15, 0.2) is 0 Å². The second-order valence-electron chi connectivity index (χ2n) is 3.42. The molecule has 0 aliphatic rings. The topological polar surface area (TPSA) is 0 Å². The van der Waals surface area contributed by atoms with Gasteiger partial charge in [-0.05, 0) is 76.6 Å². The lowest BCUT2D eigenvalue weighted by atomic mass is 10.0. The summed E-state index contributed by atoms with van der Waals surface area (Å²) in [7, 11) is 0. The van der Waals surface area contributed by atoms with Crippen LogP contribution in [-0.4, -0.2) is 0 Å². The van der Waals surface area contributed by atoms with Crippen LogP contribution in [0.15, 0.2) is 41.2 Å². The monoisotopic (exact) mass is 404 g/mol. The Kier molecular flexibility index (Phi) is 3.54. The zero-order chi connectivity index (χ0) is 11.8. The van der Waals surface area contributed by atoms with Crippen molar-refractivity contribution in [2.45, 2.75) is 0 Å². The number of hydrogen-bond donors (Lipinski definition) is 0. The van der Waals surface area contributed by atoms with E-state index in [9.17, 15) is 0 Å². The SMILES string of the molecule is Brc1sc(Br)c(-c2ccsc2)c1-c1ccsc1. The van der Waals surface area contributed by atoms with E-state index in [1.807, 2.05) is 0 Å². The molecule has 0 spiro atoms. The zero-order valence-electron chi connectivity index (χ0n) is 8.44. The normalized spacial score (nSPS) is 10.9. The van der Waals surface area contributed by atoms with Crippen LogP contribution in [0, 0.1) is 0 Å². The Labute approximate surface area is 128 Å². The van der Waals surface area contributed by atoms with Crippen molar-refractivity contribution in [3.8, 4) is 22.3 Å². The minimum Gasteiger partial charge on any atom is -0.152 e. The van der Waals surface area contributed by atoms with E-state index in [-0.39, 0.29) is 0 Å². The molecule has 0 nitrogen and oxygen atoms in total. The molecule has 0 amide bonds. The molecule has 0 radical (unpaired) electrons. The van der Waals surface area contributed by atoms with Gasteiger partial charge in [0.1, 0.15) is 0 Å². The summed E-state index contributed by atoms with van der Waals surface area (Å²) in [6.07, 6.45) is 0. The van der Waals surface area contributed by atoms with Crippen LogP contribution in [0.4, 0.5) is 0 Å². The summed E-state index contributed by atoms with van der Waals surface area (Å²) < 4.78 is 2.37. The second-order valence-corrected chi connectivity index (χ2v) is 8.64. The van der Waals surface area contributed by atoms with Crippen molar-refractivity contribution in [1.29, 1.82) is 0 Å². The van der Waals surface area contributed by atoms with E-state index in [4.69, 9.17) is 0 Å². The van der Waals surface area contributed by atoms with E-state index in [0.29, 0.717) is 0 Å². The largest absolute Gasteiger partial charge is 0.152 e. The molecule has 0 aliphatic heterocycles. The predicted molar refractivity (Wildman–Crippen MR) is 86.3 cm³/mol. The molecule has 0 aliphatic carbocycles. The van der Waals surface area contributed by atoms with Gasteiger partial charge in [0.2, 0.25) is 0 Å². The molecule has 0 bridgehead atoms. The highest BCUT2D eigenvalue weighted by atomic mass is 79.9. The molecular weight excluding hydrogens is 400 g/mol. The molecule has 0 fully saturated rings. The van der Waals surface area contributed by atoms with Gasteiger partial charge in [-0.3, -0.25) is 0 Å². The molecule has 0 aromatic carbocycles. The Bertz CT molecular complexity index is 566. The van der Waals surface area contributed by atoms with Crippen molar-refractivity contribution in [2.75, 3.05) is 0 Å². The maximum Gasteiger partial charge on any atom is 0.0795 e. The first-order valence-corrected chi connectivity index (χ1v) is 9.09. The van der Waals surface area contributed by atoms with Crippen molar-refractivity contribution in [3.63, 3.8) is 0 Å². The number of hydrogen-bond acceptors (Lipinski definition) is 3. The van der Waals surface area contributed by atoms with Crippen LogP contribution in [0.5, 0.6) is 0 Å². The van der Waals surface area contributed by atoms with E-state index in [1.165, 1.54) is 29.8 Å². The molecule has 3 aromatic heterocycles. The lowest BCUT2D eigenvalue weighted by molar-refractivity contribution is 1.74. The molecule has 0 saturated carbocycles. The average molecular weight is 406 g/mol. The van der Waals surface area contributed by atoms with Crippen LogP contribution in [0.25, 0.3) is 22.3 Å². The van der Waals surface area contributed by atoms with Crippen molar-refractivity contribution in [2.24, 2.45) is 0 Å². The van der Waals surface area contributed by atoms with Crippen LogP contribution in [0.3, 0.4) is 0 Å². The molecule has 0 N–H and O–H groups in total. The summed E-state index contributed by atoms with van der Waals surface area (Å²) in [4.78, 5) is 0. The van der Waals surface area contributed by atoms with E-state index in [0.717, 1.165) is 0 Å². The van der Waals surface area contributed by atoms with Crippen molar-refractivity contribution < 1.29 is 0 Å². The molecule has 0 atom stereocenters. The number of halogens is 2. The van der Waals surface area contributed by atoms with Gasteiger partial charge in [0.25, 0.3) is 0 Å². The Morgan fingerprint density at radius 1 is 0.765 bits per heavy atom. The van der Waals surface area contributed by atoms with Gasteiger partial charge < -0.3 is 0 Å². The van der Waals surface area contributed by atoms with E-state index in [1.54, 1.807) is 34.0 Å². The van der Waals surface area contributed by atoms with Crippen LogP contribution in [0.1, 0.15) is 0 Å². The third kappa shape index (κ3) is 2.19. The van der Waals surface area contributed by atoms with Crippen LogP contribution >= 0.6 is 65.9 Å². The first-order chi connectivity index (χ1) is 8.27. The molecule has 0 unspecified atom stereocenters. The first kappa shape index (κ1) is 12.1. The van der Waals surface area contributed by atoms with Gasteiger partial charge in [-0.1, -0.05) is 0 Å². The van der Waals surface area contributed by atoms with Gasteiger partial charge in [-0.2, -0.15) is 22.7 Å². The molecule has 3 rings (SSSR count). The molecule has 17 heavy (non-hydrogen) atoms. The van der Waals surface area contributed by atoms with Gasteiger partial charge >= 0.3 is 0 Å². The van der Waals surface area contributed by atoms with E-state index >= 15 is 0 Å². The fourth-order valence-corrected chi connectivity index (χ4v) is 6.28. The Morgan fingerprint density at radius 3 is 1.59 bits per heavy atom. The van der Waals surface area contributed by atoms with E-state index in [2.05, 4.69) is 65.5 Å². The summed E-state index contributed by atoms with van der Waals surface area (Å²) in [5.41, 5.74) is 5.15. The summed E-state index contributed by atoms with van der Waals surface area (Å²) >= 11 is 12.5. The third-order valence-corrected chi connectivity index (χ3v) is 6.34. The minimum absolute atomic E-state index is 1.18. The van der Waals surface area contributed by atoms with Gasteiger partial charge in [-0.15, -0.1) is 11.3 Å². The Hall–Kier alpha value is 0.0600. The molecule has 3 heterocycles. The molecule has 0 saturated heterocycles. The van der Waals surface area contributed by atoms with Crippen molar-refractivity contribution >= 4 is 65.9 Å². The van der Waals surface area contributed by atoms with Crippen LogP contribution in [-0.2, 0) is 0 Å². The summed E-state index contributed by atoms with van der Waals surface area (Å²) in [5.74, 6) is 0. The highest BCUT2D eigenvalue weighted by molar-refractivity contribution is 9.12. The lowest BCUT2D eigenvalue weighted by Gasteiger charge is -2.02. The quantitative estimate of drug-likeness (QED) is 0.443. The Balaban J connectivity index is 2.28. The van der Waals surface area contributed by atoms with Gasteiger partial charge in [0, 0.05) is 11.1 Å². The van der Waals surface area contributed by atoms with Crippen LogP contribution < -0.4 is 0 Å². The average Bonchev–Trinajstić information content (AvgIpc) is 2.98. The summed E-state index contributed by atoms with van der Waals surface area (Å²) in [6, 6.07) is 4.33. The number of thiophene rings is 3.